The van der Waals surface area contributed by atoms with E-state index in [0.717, 1.165) is 29.7 Å². The van der Waals surface area contributed by atoms with Gasteiger partial charge in [0.15, 0.2) is 0 Å². The molecule has 1 aliphatic rings. The molecule has 3 amide bonds. The number of carbonyl (C=O) groups excluding carboxylic acids is 3. The topological polar surface area (TPSA) is 154 Å². The maximum atomic E-state index is 13.4. The van der Waals surface area contributed by atoms with Crippen LogP contribution in [0.25, 0.3) is 6.08 Å². The van der Waals surface area contributed by atoms with Gasteiger partial charge < -0.3 is 16.0 Å². The molecule has 3 N–H and O–H groups in total. The number of nitro groups is 1. The number of anilines is 2. The molecule has 1 unspecified atom stereocenters. The van der Waals surface area contributed by atoms with Crippen molar-refractivity contribution in [3.8, 4) is 6.07 Å². The number of amides is 3. The summed E-state index contributed by atoms with van der Waals surface area (Å²) in [7, 11) is 0. The molecule has 1 heterocycles. The average Bonchev–Trinajstić information content (AvgIpc) is 3.39. The Hall–Kier alpha value is -5.25. The molecular formula is C34H29N5O5S2. The SMILES string of the molecule is CC1CCc2c(sc(NC(=O)CSc3cccc(NC(=O)/C(=C\c4ccc([N+](=O)[O-])cc4)NC(=O)c4ccccc4)c3)c2C#N)C1. The molecule has 0 fully saturated rings. The van der Waals surface area contributed by atoms with Gasteiger partial charge in [-0.05, 0) is 84.8 Å². The molecular weight excluding hydrogens is 623 g/mol. The zero-order valence-corrected chi connectivity index (χ0v) is 26.4. The second-order valence-electron chi connectivity index (χ2n) is 10.7. The van der Waals surface area contributed by atoms with E-state index in [9.17, 15) is 29.8 Å². The summed E-state index contributed by atoms with van der Waals surface area (Å²) in [5.41, 5.74) is 2.70. The lowest BCUT2D eigenvalue weighted by molar-refractivity contribution is -0.384. The molecule has 0 radical (unpaired) electrons. The van der Waals surface area contributed by atoms with Gasteiger partial charge in [0.25, 0.3) is 17.5 Å². The second kappa shape index (κ2) is 14.7. The molecule has 3 aromatic carbocycles. The summed E-state index contributed by atoms with van der Waals surface area (Å²) < 4.78 is 0. The predicted octanol–water partition coefficient (Wildman–Crippen LogP) is 6.79. The zero-order valence-electron chi connectivity index (χ0n) is 24.7. The summed E-state index contributed by atoms with van der Waals surface area (Å²) in [5, 5.41) is 29.7. The number of nitro benzene ring substituents is 1. The van der Waals surface area contributed by atoms with Crippen molar-refractivity contribution in [3.05, 3.63) is 122 Å². The molecule has 1 atom stereocenters. The molecule has 0 aliphatic heterocycles. The summed E-state index contributed by atoms with van der Waals surface area (Å²) in [4.78, 5) is 51.6. The van der Waals surface area contributed by atoms with Crippen molar-refractivity contribution in [2.75, 3.05) is 16.4 Å². The number of hydrogen-bond donors (Lipinski definition) is 3. The normalized spacial score (nSPS) is 14.0. The van der Waals surface area contributed by atoms with Crippen molar-refractivity contribution >= 4 is 63.3 Å². The van der Waals surface area contributed by atoms with Crippen LogP contribution < -0.4 is 16.0 Å². The average molecular weight is 652 g/mol. The Morgan fingerprint density at radius 2 is 1.83 bits per heavy atom. The Bertz CT molecular complexity index is 1860. The largest absolute Gasteiger partial charge is 0.321 e. The van der Waals surface area contributed by atoms with Crippen LogP contribution in [0.2, 0.25) is 0 Å². The molecule has 5 rings (SSSR count). The van der Waals surface area contributed by atoms with Crippen LogP contribution in [-0.2, 0) is 22.4 Å². The van der Waals surface area contributed by atoms with E-state index < -0.39 is 16.7 Å². The van der Waals surface area contributed by atoms with E-state index >= 15 is 0 Å². The first-order valence-electron chi connectivity index (χ1n) is 14.4. The van der Waals surface area contributed by atoms with E-state index in [4.69, 9.17) is 0 Å². The summed E-state index contributed by atoms with van der Waals surface area (Å²) >= 11 is 2.76. The number of nitriles is 1. The van der Waals surface area contributed by atoms with Crippen LogP contribution in [0, 0.1) is 27.4 Å². The first-order valence-corrected chi connectivity index (χ1v) is 16.2. The lowest BCUT2D eigenvalue weighted by atomic mass is 9.89. The van der Waals surface area contributed by atoms with E-state index in [1.807, 2.05) is 6.07 Å². The maximum Gasteiger partial charge on any atom is 0.272 e. The maximum absolute atomic E-state index is 13.4. The number of non-ortho nitro benzene ring substituents is 1. The third-order valence-electron chi connectivity index (χ3n) is 7.28. The van der Waals surface area contributed by atoms with Crippen molar-refractivity contribution in [3.63, 3.8) is 0 Å². The fourth-order valence-corrected chi connectivity index (χ4v) is 7.06. The highest BCUT2D eigenvalue weighted by Crippen LogP contribution is 2.39. The van der Waals surface area contributed by atoms with Gasteiger partial charge in [0.05, 0.1) is 16.2 Å². The van der Waals surface area contributed by atoms with Crippen molar-refractivity contribution in [1.82, 2.24) is 5.32 Å². The molecule has 4 aromatic rings. The number of thiophene rings is 1. The number of nitrogens with zero attached hydrogens (tertiary/aromatic N) is 2. The van der Waals surface area contributed by atoms with E-state index in [1.165, 1.54) is 58.3 Å². The van der Waals surface area contributed by atoms with Crippen molar-refractivity contribution in [2.24, 2.45) is 5.92 Å². The van der Waals surface area contributed by atoms with Gasteiger partial charge in [0.2, 0.25) is 5.91 Å². The molecule has 0 saturated heterocycles. The number of thioether (sulfide) groups is 1. The summed E-state index contributed by atoms with van der Waals surface area (Å²) in [5.74, 6) is -0.694. The molecule has 1 aliphatic carbocycles. The van der Waals surface area contributed by atoms with Crippen molar-refractivity contribution < 1.29 is 19.3 Å². The Labute approximate surface area is 273 Å². The standard InChI is InChI=1S/C34H29N5O5S2/c1-21-10-15-27-28(19-35)34(46-30(27)16-21)38-31(40)20-45-26-9-5-8-24(18-26)36-33(42)29(37-32(41)23-6-3-2-4-7-23)17-22-11-13-25(14-12-22)39(43)44/h2-9,11-14,17-18,21H,10,15-16,20H2,1H3,(H,36,42)(H,37,41)(H,38,40)/b29-17+. The van der Waals surface area contributed by atoms with Crippen LogP contribution >= 0.6 is 23.1 Å². The third-order valence-corrected chi connectivity index (χ3v) is 9.45. The highest BCUT2D eigenvalue weighted by molar-refractivity contribution is 8.00. The molecule has 0 saturated carbocycles. The Morgan fingerprint density at radius 3 is 2.54 bits per heavy atom. The van der Waals surface area contributed by atoms with Gasteiger partial charge in [-0.15, -0.1) is 23.1 Å². The van der Waals surface area contributed by atoms with Gasteiger partial charge in [-0.2, -0.15) is 5.26 Å². The Kier molecular flexibility index (Phi) is 10.3. The number of carbonyl (C=O) groups is 3. The minimum absolute atomic E-state index is 0.0681. The third kappa shape index (κ3) is 8.06. The van der Waals surface area contributed by atoms with Gasteiger partial charge in [0, 0.05) is 33.2 Å². The van der Waals surface area contributed by atoms with Crippen molar-refractivity contribution in [2.45, 2.75) is 31.1 Å². The molecule has 0 spiro atoms. The summed E-state index contributed by atoms with van der Waals surface area (Å²) in [6, 6.07) is 23.2. The Morgan fingerprint density at radius 1 is 1.07 bits per heavy atom. The van der Waals surface area contributed by atoms with Gasteiger partial charge >= 0.3 is 0 Å². The first kappa shape index (κ1) is 32.2. The lowest BCUT2D eigenvalue weighted by Crippen LogP contribution is -2.30. The van der Waals surface area contributed by atoms with Crippen LogP contribution in [-0.4, -0.2) is 28.4 Å². The minimum atomic E-state index is -0.609. The minimum Gasteiger partial charge on any atom is -0.321 e. The molecule has 0 bridgehead atoms. The van der Waals surface area contributed by atoms with Gasteiger partial charge in [-0.1, -0.05) is 31.2 Å². The van der Waals surface area contributed by atoms with Crippen LogP contribution in [0.5, 0.6) is 0 Å². The second-order valence-corrected chi connectivity index (χ2v) is 12.9. The quantitative estimate of drug-likeness (QED) is 0.0738. The predicted molar refractivity (Wildman–Crippen MR) is 180 cm³/mol. The number of rotatable bonds is 10. The van der Waals surface area contributed by atoms with E-state index in [0.29, 0.717) is 33.3 Å². The Balaban J connectivity index is 1.26. The van der Waals surface area contributed by atoms with Crippen LogP contribution in [0.1, 0.15) is 45.3 Å². The molecule has 10 nitrogen and oxygen atoms in total. The highest BCUT2D eigenvalue weighted by atomic mass is 32.2. The summed E-state index contributed by atoms with van der Waals surface area (Å²) in [6.07, 6.45) is 4.22. The van der Waals surface area contributed by atoms with Gasteiger partial charge in [-0.25, -0.2) is 0 Å². The van der Waals surface area contributed by atoms with E-state index in [1.54, 1.807) is 48.5 Å². The van der Waals surface area contributed by atoms with Crippen molar-refractivity contribution in [1.29, 1.82) is 5.26 Å². The summed E-state index contributed by atoms with van der Waals surface area (Å²) in [6.45, 7) is 2.19. The molecule has 46 heavy (non-hydrogen) atoms. The lowest BCUT2D eigenvalue weighted by Gasteiger charge is -2.17. The zero-order chi connectivity index (χ0) is 32.6. The molecule has 1 aromatic heterocycles. The van der Waals surface area contributed by atoms with Gasteiger partial charge in [-0.3, -0.25) is 24.5 Å². The molecule has 12 heteroatoms. The van der Waals surface area contributed by atoms with Crippen LogP contribution in [0.3, 0.4) is 0 Å². The fourth-order valence-electron chi connectivity index (χ4n) is 4.93. The van der Waals surface area contributed by atoms with E-state index in [2.05, 4.69) is 28.9 Å². The monoisotopic (exact) mass is 651 g/mol. The number of nitrogens with one attached hydrogen (secondary N) is 3. The van der Waals surface area contributed by atoms with Gasteiger partial charge in [0.1, 0.15) is 16.8 Å². The smallest absolute Gasteiger partial charge is 0.272 e. The van der Waals surface area contributed by atoms with Crippen LogP contribution in [0.15, 0.2) is 89.5 Å². The number of benzene rings is 3. The van der Waals surface area contributed by atoms with E-state index in [-0.39, 0.29) is 23.0 Å². The number of fused-ring (bicyclic) bond motifs is 1. The van der Waals surface area contributed by atoms with Crippen LogP contribution in [0.4, 0.5) is 16.4 Å². The fraction of sp³-hybridized carbons (Fsp3) is 0.176. The first-order chi connectivity index (χ1) is 22.2. The number of hydrogen-bond acceptors (Lipinski definition) is 8. The highest BCUT2D eigenvalue weighted by Gasteiger charge is 2.24. The molecule has 232 valence electrons.